The topological polar surface area (TPSA) is 43.4 Å². The van der Waals surface area contributed by atoms with Crippen molar-refractivity contribution >= 4 is 5.78 Å². The number of rotatable bonds is 0. The number of ketones is 1. The SMILES string of the molecule is O=C1CC[C@H]2[C@H]3Cc4ccccc4[C@@]2(CCN3[O-])C1. The molecule has 3 atom stereocenters. The van der Waals surface area contributed by atoms with Gasteiger partial charge in [-0.3, -0.25) is 4.79 Å². The van der Waals surface area contributed by atoms with Gasteiger partial charge in [-0.05, 0) is 42.9 Å². The van der Waals surface area contributed by atoms with E-state index in [4.69, 9.17) is 0 Å². The lowest BCUT2D eigenvalue weighted by molar-refractivity contribution is -0.126. The number of Topliss-reactive ketones (excluding diaryl/α,β-unsaturated/α-hetero) is 1. The molecule has 2 bridgehead atoms. The van der Waals surface area contributed by atoms with E-state index in [0.717, 1.165) is 19.3 Å². The Balaban J connectivity index is 1.91. The first kappa shape index (κ1) is 11.6. The van der Waals surface area contributed by atoms with Crippen LogP contribution in [0.4, 0.5) is 0 Å². The minimum absolute atomic E-state index is 0.0320. The van der Waals surface area contributed by atoms with Gasteiger partial charge in [0.1, 0.15) is 5.78 Å². The first-order chi connectivity index (χ1) is 9.21. The van der Waals surface area contributed by atoms with Crippen molar-refractivity contribution in [3.63, 3.8) is 0 Å². The van der Waals surface area contributed by atoms with Crippen molar-refractivity contribution in [3.05, 3.63) is 40.6 Å². The third-order valence-electron chi connectivity index (χ3n) is 5.55. The second kappa shape index (κ2) is 3.90. The molecule has 1 saturated carbocycles. The number of carbonyl (C=O) groups excluding carboxylic acids is 1. The zero-order chi connectivity index (χ0) is 13.0. The summed E-state index contributed by atoms with van der Waals surface area (Å²) >= 11 is 0. The van der Waals surface area contributed by atoms with Crippen LogP contribution < -0.4 is 0 Å². The van der Waals surface area contributed by atoms with Gasteiger partial charge in [-0.15, -0.1) is 0 Å². The highest BCUT2D eigenvalue weighted by atomic mass is 16.5. The van der Waals surface area contributed by atoms with Gasteiger partial charge in [0.25, 0.3) is 0 Å². The fraction of sp³-hybridized carbons (Fsp3) is 0.562. The van der Waals surface area contributed by atoms with Crippen LogP contribution in [0.25, 0.3) is 0 Å². The number of piperidine rings is 1. The number of hydrogen-bond donors (Lipinski definition) is 0. The molecule has 1 aromatic rings. The summed E-state index contributed by atoms with van der Waals surface area (Å²) in [4.78, 5) is 12.0. The summed E-state index contributed by atoms with van der Waals surface area (Å²) in [5, 5.41) is 13.5. The van der Waals surface area contributed by atoms with Gasteiger partial charge >= 0.3 is 0 Å². The van der Waals surface area contributed by atoms with Crippen LogP contribution in [0, 0.1) is 11.1 Å². The lowest BCUT2D eigenvalue weighted by atomic mass is 9.52. The van der Waals surface area contributed by atoms with Crippen LogP contribution in [0.15, 0.2) is 24.3 Å². The maximum absolute atomic E-state index is 12.2. The largest absolute Gasteiger partial charge is 0.785 e. The van der Waals surface area contributed by atoms with Gasteiger partial charge in [0.15, 0.2) is 0 Å². The van der Waals surface area contributed by atoms with E-state index in [2.05, 4.69) is 18.2 Å². The maximum Gasteiger partial charge on any atom is 0.133 e. The minimum atomic E-state index is -0.0320. The molecule has 0 radical (unpaired) electrons. The Hall–Kier alpha value is -1.19. The average molecular weight is 256 g/mol. The normalized spacial score (nSPS) is 37.6. The highest BCUT2D eigenvalue weighted by Gasteiger charge is 2.53. The Morgan fingerprint density at radius 3 is 3.05 bits per heavy atom. The fourth-order valence-electron chi connectivity index (χ4n) is 4.76. The molecule has 2 aliphatic carbocycles. The molecule has 1 aliphatic heterocycles. The van der Waals surface area contributed by atoms with Crippen LogP contribution in [-0.2, 0) is 16.6 Å². The molecule has 3 nitrogen and oxygen atoms in total. The van der Waals surface area contributed by atoms with Crippen LogP contribution in [0.5, 0.6) is 0 Å². The lowest BCUT2D eigenvalue weighted by Gasteiger charge is -2.60. The second-order valence-electron chi connectivity index (χ2n) is 6.34. The quantitative estimate of drug-likeness (QED) is 0.716. The molecule has 1 saturated heterocycles. The molecular formula is C16H18NO2-. The molecule has 4 rings (SSSR count). The van der Waals surface area contributed by atoms with Gasteiger partial charge in [0.2, 0.25) is 0 Å². The van der Waals surface area contributed by atoms with Crippen LogP contribution >= 0.6 is 0 Å². The molecule has 2 fully saturated rings. The average Bonchev–Trinajstić information content (AvgIpc) is 2.42. The van der Waals surface area contributed by atoms with E-state index in [0.29, 0.717) is 31.1 Å². The summed E-state index contributed by atoms with van der Waals surface area (Å²) in [6.45, 7) is 0.586. The number of benzene rings is 1. The van der Waals surface area contributed by atoms with Crippen molar-refractivity contribution < 1.29 is 4.79 Å². The maximum atomic E-state index is 12.2. The molecule has 0 unspecified atom stereocenters. The van der Waals surface area contributed by atoms with Gasteiger partial charge in [-0.1, -0.05) is 24.3 Å². The van der Waals surface area contributed by atoms with Gasteiger partial charge in [-0.2, -0.15) is 0 Å². The Bertz CT molecular complexity index is 541. The third-order valence-corrected chi connectivity index (χ3v) is 5.55. The molecule has 1 aromatic carbocycles. The number of fused-ring (bicyclic) bond motifs is 1. The molecule has 0 spiro atoms. The molecule has 0 aromatic heterocycles. The van der Waals surface area contributed by atoms with Crippen molar-refractivity contribution in [2.75, 3.05) is 6.54 Å². The van der Waals surface area contributed by atoms with Crippen LogP contribution in [-0.4, -0.2) is 23.4 Å². The summed E-state index contributed by atoms with van der Waals surface area (Å²) in [5.74, 6) is 0.761. The molecule has 3 heteroatoms. The molecule has 19 heavy (non-hydrogen) atoms. The standard InChI is InChI=1S/C16H18NO2/c18-12-5-6-14-15-9-11-3-1-2-4-13(11)16(14,10-12)7-8-17(15)19/h1-4,14-15H,5-10H2/q-1/t14-,15+,16+/m0/s1. The summed E-state index contributed by atoms with van der Waals surface area (Å²) in [6.07, 6.45) is 3.93. The van der Waals surface area contributed by atoms with Gasteiger partial charge in [-0.25, -0.2) is 0 Å². The van der Waals surface area contributed by atoms with Crippen molar-refractivity contribution in [2.45, 2.75) is 43.6 Å². The zero-order valence-electron chi connectivity index (χ0n) is 11.0. The van der Waals surface area contributed by atoms with Crippen LogP contribution in [0.1, 0.15) is 36.8 Å². The van der Waals surface area contributed by atoms with Crippen molar-refractivity contribution in [2.24, 2.45) is 5.92 Å². The zero-order valence-corrected chi connectivity index (χ0v) is 11.0. The third kappa shape index (κ3) is 1.49. The Morgan fingerprint density at radius 1 is 1.32 bits per heavy atom. The fourth-order valence-corrected chi connectivity index (χ4v) is 4.76. The number of nitrogens with zero attached hydrogens (tertiary/aromatic N) is 1. The smallest absolute Gasteiger partial charge is 0.133 e. The molecule has 0 N–H and O–H groups in total. The predicted molar refractivity (Wildman–Crippen MR) is 72.7 cm³/mol. The Morgan fingerprint density at radius 2 is 2.16 bits per heavy atom. The predicted octanol–water partition coefficient (Wildman–Crippen LogP) is 2.42. The number of hydrogen-bond acceptors (Lipinski definition) is 3. The highest BCUT2D eigenvalue weighted by molar-refractivity contribution is 5.81. The summed E-state index contributed by atoms with van der Waals surface area (Å²) in [7, 11) is 0. The van der Waals surface area contributed by atoms with E-state index in [1.165, 1.54) is 16.2 Å². The minimum Gasteiger partial charge on any atom is -0.785 e. The summed E-state index contributed by atoms with van der Waals surface area (Å²) in [5.41, 5.74) is 2.62. The van der Waals surface area contributed by atoms with Crippen LogP contribution in [0.3, 0.4) is 0 Å². The van der Waals surface area contributed by atoms with E-state index in [1.54, 1.807) is 0 Å². The summed E-state index contributed by atoms with van der Waals surface area (Å²) in [6, 6.07) is 8.55. The van der Waals surface area contributed by atoms with E-state index in [-0.39, 0.29) is 11.5 Å². The Kier molecular flexibility index (Phi) is 2.39. The number of carbonyl (C=O) groups is 1. The van der Waals surface area contributed by atoms with Gasteiger partial charge in [0.05, 0.1) is 0 Å². The molecule has 1 heterocycles. The van der Waals surface area contributed by atoms with E-state index in [1.807, 2.05) is 6.07 Å². The monoisotopic (exact) mass is 256 g/mol. The second-order valence-corrected chi connectivity index (χ2v) is 6.34. The van der Waals surface area contributed by atoms with Crippen LogP contribution in [0.2, 0.25) is 0 Å². The first-order valence-corrected chi connectivity index (χ1v) is 7.24. The lowest BCUT2D eigenvalue weighted by Crippen LogP contribution is -2.60. The van der Waals surface area contributed by atoms with E-state index in [9.17, 15) is 10.0 Å². The van der Waals surface area contributed by atoms with E-state index < -0.39 is 0 Å². The van der Waals surface area contributed by atoms with Crippen molar-refractivity contribution in [1.82, 2.24) is 5.06 Å². The van der Waals surface area contributed by atoms with Gasteiger partial charge in [0, 0.05) is 24.3 Å². The highest BCUT2D eigenvalue weighted by Crippen LogP contribution is 2.54. The molecule has 100 valence electrons. The number of hydroxylamine groups is 2. The van der Waals surface area contributed by atoms with Gasteiger partial charge < -0.3 is 10.3 Å². The molecular weight excluding hydrogens is 238 g/mol. The van der Waals surface area contributed by atoms with E-state index >= 15 is 0 Å². The first-order valence-electron chi connectivity index (χ1n) is 7.24. The van der Waals surface area contributed by atoms with Crippen molar-refractivity contribution in [1.29, 1.82) is 0 Å². The van der Waals surface area contributed by atoms with Crippen molar-refractivity contribution in [3.8, 4) is 0 Å². The summed E-state index contributed by atoms with van der Waals surface area (Å²) < 4.78 is 0. The molecule has 3 aliphatic rings. The Labute approximate surface area is 113 Å². The molecule has 0 amide bonds.